The van der Waals surface area contributed by atoms with Crippen LogP contribution in [0.3, 0.4) is 0 Å². The van der Waals surface area contributed by atoms with Crippen molar-refractivity contribution in [2.75, 3.05) is 33.3 Å². The molecule has 1 saturated heterocycles. The Kier molecular flexibility index (Phi) is 9.40. The van der Waals surface area contributed by atoms with Crippen LogP contribution in [-0.2, 0) is 24.6 Å². The Morgan fingerprint density at radius 1 is 0.909 bits per heavy atom. The van der Waals surface area contributed by atoms with Crippen molar-refractivity contribution in [2.24, 2.45) is 0 Å². The number of carbonyl (C=O) groups excluding carboxylic acids is 1. The van der Waals surface area contributed by atoms with Crippen molar-refractivity contribution in [1.82, 2.24) is 9.55 Å². The largest absolute Gasteiger partial charge is 0.497 e. The number of anilines is 1. The fourth-order valence-electron chi connectivity index (χ4n) is 5.47. The first kappa shape index (κ1) is 30.9. The molecule has 1 unspecified atom stereocenters. The van der Waals surface area contributed by atoms with E-state index in [2.05, 4.69) is 10.3 Å². The Bertz CT molecular complexity index is 1560. The van der Waals surface area contributed by atoms with Gasteiger partial charge in [0, 0.05) is 20.2 Å². The minimum atomic E-state index is -1.15. The summed E-state index contributed by atoms with van der Waals surface area (Å²) in [4.78, 5) is 28.2. The second-order valence-electron chi connectivity index (χ2n) is 10.3. The van der Waals surface area contributed by atoms with E-state index >= 15 is 0 Å². The number of carbonyl (C=O) groups is 1. The first-order valence-corrected chi connectivity index (χ1v) is 14.0. The van der Waals surface area contributed by atoms with E-state index in [1.807, 2.05) is 78.9 Å². The quantitative estimate of drug-likeness (QED) is 0.248. The second kappa shape index (κ2) is 13.4. The van der Waals surface area contributed by atoms with Gasteiger partial charge in [0.1, 0.15) is 41.2 Å². The number of aliphatic hydroxyl groups excluding tert-OH is 1. The van der Waals surface area contributed by atoms with Crippen LogP contribution >= 0.6 is 0 Å². The van der Waals surface area contributed by atoms with Gasteiger partial charge in [-0.2, -0.15) is 4.98 Å². The van der Waals surface area contributed by atoms with Crippen LogP contribution in [0.2, 0.25) is 0 Å². The van der Waals surface area contributed by atoms with Gasteiger partial charge in [0.15, 0.2) is 6.23 Å². The summed E-state index contributed by atoms with van der Waals surface area (Å²) in [7, 11) is 4.64. The van der Waals surface area contributed by atoms with Gasteiger partial charge in [-0.15, -0.1) is 0 Å². The Labute approximate surface area is 254 Å². The highest BCUT2D eigenvalue weighted by Gasteiger charge is 2.47. The third-order valence-electron chi connectivity index (χ3n) is 7.63. The van der Waals surface area contributed by atoms with E-state index in [0.717, 1.165) is 16.7 Å². The summed E-state index contributed by atoms with van der Waals surface area (Å²) in [5.74, 6) is 1.13. The Balaban J connectivity index is 1.53. The molecule has 1 aliphatic heterocycles. The fourth-order valence-corrected chi connectivity index (χ4v) is 5.47. The zero-order valence-corrected chi connectivity index (χ0v) is 24.9. The molecule has 0 radical (unpaired) electrons. The van der Waals surface area contributed by atoms with E-state index in [-0.39, 0.29) is 18.3 Å². The van der Waals surface area contributed by atoms with Crippen LogP contribution in [0.4, 0.5) is 5.82 Å². The highest BCUT2D eigenvalue weighted by Crippen LogP contribution is 2.43. The van der Waals surface area contributed by atoms with Gasteiger partial charge in [0.2, 0.25) is 5.91 Å². The number of hydrogen-bond acceptors (Lipinski definition) is 9. The molecule has 2 heterocycles. The maximum atomic E-state index is 12.9. The number of aliphatic hydroxyl groups is 1. The van der Waals surface area contributed by atoms with Crippen LogP contribution in [0.5, 0.6) is 11.5 Å². The first-order chi connectivity index (χ1) is 21.3. The van der Waals surface area contributed by atoms with E-state index in [1.165, 1.54) is 30.9 Å². The van der Waals surface area contributed by atoms with Crippen molar-refractivity contribution < 1.29 is 33.6 Å². The minimum absolute atomic E-state index is 0.0728. The molecule has 0 spiro atoms. The molecule has 0 bridgehead atoms. The summed E-state index contributed by atoms with van der Waals surface area (Å²) in [5.41, 5.74) is 0.665. The average Bonchev–Trinajstić information content (AvgIpc) is 3.36. The fraction of sp³-hybridized carbons (Fsp3) is 0.303. The molecule has 4 atom stereocenters. The summed E-state index contributed by atoms with van der Waals surface area (Å²) in [6.45, 7) is 1.25. The predicted molar refractivity (Wildman–Crippen MR) is 162 cm³/mol. The van der Waals surface area contributed by atoms with E-state index in [9.17, 15) is 14.7 Å². The maximum Gasteiger partial charge on any atom is 0.351 e. The Hall–Kier alpha value is -4.55. The van der Waals surface area contributed by atoms with Crippen LogP contribution in [0.15, 0.2) is 95.9 Å². The van der Waals surface area contributed by atoms with Gasteiger partial charge in [0.05, 0.1) is 20.8 Å². The number of benzene rings is 3. The van der Waals surface area contributed by atoms with Gasteiger partial charge >= 0.3 is 5.69 Å². The molecular formula is C33H35N3O8. The summed E-state index contributed by atoms with van der Waals surface area (Å²) < 4.78 is 30.8. The smallest absolute Gasteiger partial charge is 0.351 e. The van der Waals surface area contributed by atoms with E-state index in [0.29, 0.717) is 11.5 Å². The molecule has 44 heavy (non-hydrogen) atoms. The number of nitrogens with one attached hydrogen (secondary N) is 1. The molecule has 1 aromatic heterocycles. The molecule has 2 N–H and O–H groups in total. The van der Waals surface area contributed by atoms with Crippen molar-refractivity contribution in [3.05, 3.63) is 118 Å². The Morgan fingerprint density at radius 3 is 1.98 bits per heavy atom. The molecule has 1 aliphatic rings. The lowest BCUT2D eigenvalue weighted by Gasteiger charge is -2.37. The molecule has 11 heteroatoms. The summed E-state index contributed by atoms with van der Waals surface area (Å²) in [6, 6.07) is 26.4. The number of ether oxygens (including phenoxy) is 5. The van der Waals surface area contributed by atoms with Crippen molar-refractivity contribution in [3.63, 3.8) is 0 Å². The average molecular weight is 602 g/mol. The highest BCUT2D eigenvalue weighted by molar-refractivity contribution is 5.87. The SMILES string of the molecule is COc1ccc(C(OC[C@H]2O[C@@H](n3ccc(NC(C)=O)nc3=O)[C@@H](OC)C2O)(c2ccccc2)c2ccc(OC)cc2)cc1. The first-order valence-electron chi connectivity index (χ1n) is 14.0. The van der Waals surface area contributed by atoms with Crippen molar-refractivity contribution in [2.45, 2.75) is 37.1 Å². The standard InChI is InChI=1S/C33H35N3O8/c1-21(37)34-28-18-19-36(32(39)35-28)31-30(42-4)29(38)27(44-31)20-43-33(22-8-6-5-7-9-22,23-10-14-25(40-2)15-11-23)24-12-16-26(41-3)17-13-24/h5-19,27,29-31,38H,20H2,1-4H3,(H,34,35,37,39)/t27-,29?,30+,31-/m1/s1. The van der Waals surface area contributed by atoms with Crippen molar-refractivity contribution in [3.8, 4) is 11.5 Å². The normalized spacial score (nSPS) is 19.8. The minimum Gasteiger partial charge on any atom is -0.497 e. The van der Waals surface area contributed by atoms with Gasteiger partial charge in [-0.1, -0.05) is 54.6 Å². The summed E-state index contributed by atoms with van der Waals surface area (Å²) in [6.07, 6.45) is -2.49. The van der Waals surface area contributed by atoms with Gasteiger partial charge in [-0.3, -0.25) is 9.36 Å². The molecule has 1 fully saturated rings. The number of amides is 1. The van der Waals surface area contributed by atoms with E-state index in [1.54, 1.807) is 14.2 Å². The van der Waals surface area contributed by atoms with Crippen molar-refractivity contribution >= 4 is 11.7 Å². The van der Waals surface area contributed by atoms with Gasteiger partial charge in [0.25, 0.3) is 0 Å². The lowest BCUT2D eigenvalue weighted by atomic mass is 9.80. The molecular weight excluding hydrogens is 566 g/mol. The number of nitrogens with zero attached hydrogens (tertiary/aromatic N) is 2. The van der Waals surface area contributed by atoms with Crippen LogP contribution in [0.25, 0.3) is 0 Å². The van der Waals surface area contributed by atoms with Gasteiger partial charge < -0.3 is 34.1 Å². The van der Waals surface area contributed by atoms with Crippen molar-refractivity contribution in [1.29, 1.82) is 0 Å². The Morgan fingerprint density at radius 2 is 1.48 bits per heavy atom. The molecule has 0 aliphatic carbocycles. The van der Waals surface area contributed by atoms with Gasteiger partial charge in [-0.05, 0) is 47.0 Å². The summed E-state index contributed by atoms with van der Waals surface area (Å²) >= 11 is 0. The zero-order valence-electron chi connectivity index (χ0n) is 24.9. The van der Waals surface area contributed by atoms with Crippen LogP contribution < -0.4 is 20.5 Å². The predicted octanol–water partition coefficient (Wildman–Crippen LogP) is 3.50. The number of hydrogen-bond donors (Lipinski definition) is 2. The molecule has 11 nitrogen and oxygen atoms in total. The van der Waals surface area contributed by atoms with Crippen LogP contribution in [-0.4, -0.2) is 66.8 Å². The number of methoxy groups -OCH3 is 3. The van der Waals surface area contributed by atoms with Gasteiger partial charge in [-0.25, -0.2) is 4.79 Å². The topological polar surface area (TPSA) is 130 Å². The monoisotopic (exact) mass is 601 g/mol. The number of rotatable bonds is 11. The second-order valence-corrected chi connectivity index (χ2v) is 10.3. The molecule has 3 aromatic carbocycles. The third-order valence-corrected chi connectivity index (χ3v) is 7.63. The molecule has 0 saturated carbocycles. The van der Waals surface area contributed by atoms with E-state index in [4.69, 9.17) is 23.7 Å². The molecule has 230 valence electrons. The highest BCUT2D eigenvalue weighted by atomic mass is 16.6. The van der Waals surface area contributed by atoms with Crippen LogP contribution in [0, 0.1) is 0 Å². The third kappa shape index (κ3) is 6.08. The lowest BCUT2D eigenvalue weighted by Crippen LogP contribution is -2.40. The molecule has 5 rings (SSSR count). The zero-order chi connectivity index (χ0) is 31.3. The molecule has 1 amide bonds. The maximum absolute atomic E-state index is 12.9. The lowest BCUT2D eigenvalue weighted by molar-refractivity contribution is -0.114. The molecule has 4 aromatic rings. The number of aromatic nitrogens is 2. The summed E-state index contributed by atoms with van der Waals surface area (Å²) in [5, 5.41) is 13.8. The van der Waals surface area contributed by atoms with Crippen LogP contribution in [0.1, 0.15) is 29.8 Å². The van der Waals surface area contributed by atoms with E-state index < -0.39 is 35.8 Å².